The minimum absolute atomic E-state index is 0. The van der Waals surface area contributed by atoms with Gasteiger partial charge >= 0.3 is 0 Å². The molecule has 0 spiro atoms. The van der Waals surface area contributed by atoms with Gasteiger partial charge in [-0.25, -0.2) is 0 Å². The van der Waals surface area contributed by atoms with Crippen LogP contribution in [0.1, 0.15) is 44.3 Å². The van der Waals surface area contributed by atoms with E-state index >= 15 is 0 Å². The first-order valence-electron chi connectivity index (χ1n) is 9.04. The number of aromatic nitrogens is 3. The number of nitriles is 1. The van der Waals surface area contributed by atoms with Crippen molar-refractivity contribution in [1.29, 1.82) is 5.26 Å². The Bertz CT molecular complexity index is 633. The minimum atomic E-state index is 0. The zero-order valence-electron chi connectivity index (χ0n) is 15.0. The molecule has 0 radical (unpaired) electrons. The molecule has 1 saturated carbocycles. The topological polar surface area (TPSA) is 90.9 Å². The Labute approximate surface area is 166 Å². The van der Waals surface area contributed by atoms with E-state index in [1.165, 1.54) is 0 Å². The number of rotatable bonds is 4. The maximum Gasteiger partial charge on any atom is 0.191 e. The van der Waals surface area contributed by atoms with Gasteiger partial charge in [-0.3, -0.25) is 4.99 Å². The Kier molecular flexibility index (Phi) is 7.47. The summed E-state index contributed by atoms with van der Waals surface area (Å²) in [6.45, 7) is 6.64. The van der Waals surface area contributed by atoms with E-state index in [-0.39, 0.29) is 35.9 Å². The van der Waals surface area contributed by atoms with Crippen molar-refractivity contribution in [2.24, 2.45) is 16.8 Å². The van der Waals surface area contributed by atoms with Gasteiger partial charge in [0.1, 0.15) is 11.6 Å². The summed E-state index contributed by atoms with van der Waals surface area (Å²) in [5.74, 6) is 3.55. The molecule has 3 atom stereocenters. The lowest BCUT2D eigenvalue weighted by atomic mass is 9.99. The quantitative estimate of drug-likeness (QED) is 0.410. The van der Waals surface area contributed by atoms with Crippen LogP contribution in [0.4, 0.5) is 0 Å². The highest BCUT2D eigenvalue weighted by molar-refractivity contribution is 14.0. The summed E-state index contributed by atoms with van der Waals surface area (Å²) in [6, 6.07) is 2.65. The Morgan fingerprint density at radius 1 is 1.36 bits per heavy atom. The number of aryl methyl sites for hydroxylation is 2. The Balaban J connectivity index is 0.00000225. The first-order valence-corrected chi connectivity index (χ1v) is 9.04. The summed E-state index contributed by atoms with van der Waals surface area (Å²) in [5, 5.41) is 24.4. The predicted molar refractivity (Wildman–Crippen MR) is 108 cm³/mol. The number of halogens is 1. The molecule has 1 aliphatic carbocycles. The number of hydrogen-bond acceptors (Lipinski definition) is 4. The highest BCUT2D eigenvalue weighted by Crippen LogP contribution is 2.25. The average Bonchev–Trinajstić information content (AvgIpc) is 3.19. The highest BCUT2D eigenvalue weighted by Gasteiger charge is 2.28. The van der Waals surface area contributed by atoms with Crippen LogP contribution in [0.5, 0.6) is 0 Å². The van der Waals surface area contributed by atoms with Crippen molar-refractivity contribution in [3.05, 3.63) is 11.6 Å². The van der Waals surface area contributed by atoms with Gasteiger partial charge in [0.2, 0.25) is 0 Å². The molecule has 7 nitrogen and oxygen atoms in total. The maximum absolute atomic E-state index is 9.25. The van der Waals surface area contributed by atoms with Crippen LogP contribution in [0.15, 0.2) is 4.99 Å². The molecule has 0 saturated heterocycles. The molecule has 2 heterocycles. The van der Waals surface area contributed by atoms with Crippen molar-refractivity contribution in [1.82, 2.24) is 25.4 Å². The fourth-order valence-electron chi connectivity index (χ4n) is 3.68. The van der Waals surface area contributed by atoms with Crippen molar-refractivity contribution in [2.45, 2.75) is 58.5 Å². The van der Waals surface area contributed by atoms with Gasteiger partial charge < -0.3 is 15.2 Å². The Morgan fingerprint density at radius 3 is 2.96 bits per heavy atom. The number of nitrogens with one attached hydrogen (secondary N) is 2. The number of nitrogens with zero attached hydrogens (tertiary/aromatic N) is 5. The van der Waals surface area contributed by atoms with Crippen LogP contribution >= 0.6 is 24.0 Å². The average molecular weight is 457 g/mol. The SMILES string of the molecule is CCNC(=NCC1CCc2nnc(C)n2C1)NC1CCCC1C#N.I. The lowest BCUT2D eigenvalue weighted by molar-refractivity contribution is 0.369. The van der Waals surface area contributed by atoms with Crippen molar-refractivity contribution in [3.63, 3.8) is 0 Å². The second-order valence-corrected chi connectivity index (χ2v) is 6.82. The third-order valence-electron chi connectivity index (χ3n) is 5.09. The van der Waals surface area contributed by atoms with Crippen LogP contribution in [0, 0.1) is 30.1 Å². The number of guanidine groups is 1. The molecule has 138 valence electrons. The molecule has 1 fully saturated rings. The van der Waals surface area contributed by atoms with Gasteiger partial charge in [0.25, 0.3) is 0 Å². The standard InChI is InChI=1S/C17H27N7.HI/c1-3-19-17(21-15-6-4-5-14(15)9-18)20-10-13-7-8-16-23-22-12(2)24(16)11-13;/h13-15H,3-8,10-11H2,1-2H3,(H2,19,20,21);1H. The van der Waals surface area contributed by atoms with Crippen LogP contribution in [0.3, 0.4) is 0 Å². The van der Waals surface area contributed by atoms with Gasteiger partial charge in [0, 0.05) is 32.1 Å². The number of fused-ring (bicyclic) bond motifs is 1. The van der Waals surface area contributed by atoms with Gasteiger partial charge in [-0.1, -0.05) is 0 Å². The van der Waals surface area contributed by atoms with Crippen LogP contribution in [-0.4, -0.2) is 39.9 Å². The molecule has 8 heteroatoms. The van der Waals surface area contributed by atoms with Crippen molar-refractivity contribution >= 4 is 29.9 Å². The third kappa shape index (κ3) is 4.84. The van der Waals surface area contributed by atoms with E-state index in [0.29, 0.717) is 5.92 Å². The van der Waals surface area contributed by atoms with E-state index in [0.717, 1.165) is 69.3 Å². The molecule has 3 rings (SSSR count). The van der Waals surface area contributed by atoms with Crippen molar-refractivity contribution in [2.75, 3.05) is 13.1 Å². The molecule has 3 unspecified atom stereocenters. The molecule has 0 amide bonds. The second-order valence-electron chi connectivity index (χ2n) is 6.82. The van der Waals surface area contributed by atoms with E-state index < -0.39 is 0 Å². The first-order chi connectivity index (χ1) is 11.7. The summed E-state index contributed by atoms with van der Waals surface area (Å²) in [7, 11) is 0. The molecule has 0 bridgehead atoms. The Morgan fingerprint density at radius 2 is 2.20 bits per heavy atom. The van der Waals surface area contributed by atoms with E-state index in [2.05, 4.69) is 38.4 Å². The van der Waals surface area contributed by atoms with E-state index in [4.69, 9.17) is 4.99 Å². The van der Waals surface area contributed by atoms with Gasteiger partial charge in [0.05, 0.1) is 12.0 Å². The zero-order valence-corrected chi connectivity index (χ0v) is 17.4. The first kappa shape index (κ1) is 19.9. The van der Waals surface area contributed by atoms with Crippen molar-refractivity contribution in [3.8, 4) is 6.07 Å². The van der Waals surface area contributed by atoms with Crippen LogP contribution in [0.25, 0.3) is 0 Å². The molecular weight excluding hydrogens is 429 g/mol. The largest absolute Gasteiger partial charge is 0.357 e. The third-order valence-corrected chi connectivity index (χ3v) is 5.09. The van der Waals surface area contributed by atoms with E-state index in [1.807, 2.05) is 6.92 Å². The van der Waals surface area contributed by atoms with Crippen LogP contribution in [0.2, 0.25) is 0 Å². The minimum Gasteiger partial charge on any atom is -0.357 e. The van der Waals surface area contributed by atoms with Gasteiger partial charge in [-0.15, -0.1) is 34.2 Å². The maximum atomic E-state index is 9.25. The summed E-state index contributed by atoms with van der Waals surface area (Å²) >= 11 is 0. The number of hydrogen-bond donors (Lipinski definition) is 2. The van der Waals surface area contributed by atoms with Crippen LogP contribution in [-0.2, 0) is 13.0 Å². The normalized spacial score (nSPS) is 25.6. The molecule has 2 N–H and O–H groups in total. The smallest absolute Gasteiger partial charge is 0.191 e. The molecule has 1 aliphatic heterocycles. The molecule has 2 aliphatic rings. The highest BCUT2D eigenvalue weighted by atomic mass is 127. The summed E-state index contributed by atoms with van der Waals surface area (Å²) in [4.78, 5) is 4.79. The second kappa shape index (κ2) is 9.36. The van der Waals surface area contributed by atoms with E-state index in [1.54, 1.807) is 0 Å². The van der Waals surface area contributed by atoms with Gasteiger partial charge in [0.15, 0.2) is 5.96 Å². The van der Waals surface area contributed by atoms with Crippen molar-refractivity contribution < 1.29 is 0 Å². The monoisotopic (exact) mass is 457 g/mol. The number of aliphatic imine (C=N–C) groups is 1. The van der Waals surface area contributed by atoms with Crippen LogP contribution < -0.4 is 10.6 Å². The summed E-state index contributed by atoms with van der Waals surface area (Å²) < 4.78 is 2.21. The molecule has 1 aromatic heterocycles. The molecule has 0 aromatic carbocycles. The summed E-state index contributed by atoms with van der Waals surface area (Å²) in [5.41, 5.74) is 0. The lowest BCUT2D eigenvalue weighted by Crippen LogP contribution is -2.45. The summed E-state index contributed by atoms with van der Waals surface area (Å²) in [6.07, 6.45) is 5.24. The molecule has 1 aromatic rings. The lowest BCUT2D eigenvalue weighted by Gasteiger charge is -2.24. The molecular formula is C17H28IN7. The zero-order chi connectivity index (χ0) is 16.9. The Hall–Kier alpha value is -1.37. The van der Waals surface area contributed by atoms with Gasteiger partial charge in [-0.05, 0) is 45.4 Å². The van der Waals surface area contributed by atoms with E-state index in [9.17, 15) is 5.26 Å². The molecule has 25 heavy (non-hydrogen) atoms. The predicted octanol–water partition coefficient (Wildman–Crippen LogP) is 2.01. The fraction of sp³-hybridized carbons (Fsp3) is 0.765. The van der Waals surface area contributed by atoms with Gasteiger partial charge in [-0.2, -0.15) is 5.26 Å². The fourth-order valence-corrected chi connectivity index (χ4v) is 3.68.